The minimum absolute atomic E-state index is 0.449. The second-order valence-electron chi connectivity index (χ2n) is 4.29. The van der Waals surface area contributed by atoms with Crippen molar-refractivity contribution in [1.29, 1.82) is 0 Å². The summed E-state index contributed by atoms with van der Waals surface area (Å²) in [4.78, 5) is 0. The molecule has 2 N–H and O–H groups in total. The second-order valence-corrected chi connectivity index (χ2v) is 4.29. The molecule has 0 heterocycles. The van der Waals surface area contributed by atoms with Crippen LogP contribution in [-0.4, -0.2) is 12.2 Å². The summed E-state index contributed by atoms with van der Waals surface area (Å²) in [5.74, 6) is 0.449. The van der Waals surface area contributed by atoms with Crippen molar-refractivity contribution in [2.75, 3.05) is 7.05 Å². The average Bonchev–Trinajstić information content (AvgIpc) is 2.47. The highest BCUT2D eigenvalue weighted by Crippen LogP contribution is 2.29. The van der Waals surface area contributed by atoms with E-state index >= 15 is 0 Å². The van der Waals surface area contributed by atoms with Crippen LogP contribution >= 0.6 is 0 Å². The molecule has 0 atom stereocenters. The van der Waals surface area contributed by atoms with Gasteiger partial charge < -0.3 is 10.4 Å². The first kappa shape index (κ1) is 10.5. The Morgan fingerprint density at radius 2 is 2.00 bits per heavy atom. The molecule has 0 aromatic heterocycles. The first-order chi connectivity index (χ1) is 7.33. The molecule has 0 spiro atoms. The molecule has 2 nitrogen and oxygen atoms in total. The van der Waals surface area contributed by atoms with Gasteiger partial charge in [0.25, 0.3) is 0 Å². The van der Waals surface area contributed by atoms with E-state index in [2.05, 4.69) is 11.4 Å². The number of rotatable bonds is 2. The Balaban J connectivity index is 2.42. The van der Waals surface area contributed by atoms with Gasteiger partial charge in [0.2, 0.25) is 0 Å². The van der Waals surface area contributed by atoms with E-state index in [0.29, 0.717) is 5.75 Å². The number of phenols is 1. The molecule has 0 amide bonds. The fraction of sp³-hybridized carbons (Fsp3) is 0.538. The van der Waals surface area contributed by atoms with E-state index in [9.17, 15) is 5.11 Å². The number of nitrogens with one attached hydrogen (secondary N) is 1. The zero-order chi connectivity index (χ0) is 10.7. The maximum atomic E-state index is 9.85. The van der Waals surface area contributed by atoms with Gasteiger partial charge in [-0.2, -0.15) is 0 Å². The van der Waals surface area contributed by atoms with Crippen molar-refractivity contribution in [3.8, 4) is 5.75 Å². The summed E-state index contributed by atoms with van der Waals surface area (Å²) >= 11 is 0. The van der Waals surface area contributed by atoms with Crippen LogP contribution in [0.1, 0.15) is 36.0 Å². The molecular formula is C13H19NO. The molecule has 1 aromatic rings. The van der Waals surface area contributed by atoms with Crippen LogP contribution in [0.15, 0.2) is 12.1 Å². The number of phenolic OH excluding ortho intramolecular Hbond substituents is 1. The highest BCUT2D eigenvalue weighted by Gasteiger charge is 2.14. The Morgan fingerprint density at radius 3 is 2.80 bits per heavy atom. The van der Waals surface area contributed by atoms with Gasteiger partial charge in [-0.25, -0.2) is 0 Å². The summed E-state index contributed by atoms with van der Waals surface area (Å²) in [7, 11) is 1.93. The first-order valence-electron chi connectivity index (χ1n) is 5.80. The zero-order valence-electron chi connectivity index (χ0n) is 9.34. The van der Waals surface area contributed by atoms with Gasteiger partial charge >= 0.3 is 0 Å². The molecule has 1 aliphatic rings. The van der Waals surface area contributed by atoms with Crippen molar-refractivity contribution < 1.29 is 5.11 Å². The number of hydrogen-bond donors (Lipinski definition) is 2. The van der Waals surface area contributed by atoms with E-state index < -0.39 is 0 Å². The van der Waals surface area contributed by atoms with E-state index in [0.717, 1.165) is 18.5 Å². The van der Waals surface area contributed by atoms with Gasteiger partial charge in [0, 0.05) is 12.1 Å². The fourth-order valence-corrected chi connectivity index (χ4v) is 2.44. The third-order valence-electron chi connectivity index (χ3n) is 3.23. The maximum absolute atomic E-state index is 9.85. The van der Waals surface area contributed by atoms with Crippen LogP contribution in [0, 0.1) is 0 Å². The lowest BCUT2D eigenvalue weighted by Crippen LogP contribution is -2.09. The molecule has 0 unspecified atom stereocenters. The second kappa shape index (κ2) is 4.67. The van der Waals surface area contributed by atoms with Gasteiger partial charge in [-0.3, -0.25) is 0 Å². The van der Waals surface area contributed by atoms with Crippen molar-refractivity contribution >= 4 is 0 Å². The minimum Gasteiger partial charge on any atom is -0.508 e. The molecule has 2 rings (SSSR count). The van der Waals surface area contributed by atoms with Crippen molar-refractivity contribution in [3.05, 3.63) is 28.8 Å². The van der Waals surface area contributed by atoms with Crippen LogP contribution in [0.25, 0.3) is 0 Å². The standard InChI is InChI=1S/C13H19NO/c1-14-9-12-11-6-4-2-3-5-10(11)7-8-13(12)15/h7-8,14-15H,2-6,9H2,1H3. The molecule has 1 aromatic carbocycles. The predicted octanol–water partition coefficient (Wildman–Crippen LogP) is 2.38. The molecule has 0 radical (unpaired) electrons. The average molecular weight is 205 g/mol. The van der Waals surface area contributed by atoms with Crippen LogP contribution < -0.4 is 5.32 Å². The summed E-state index contributed by atoms with van der Waals surface area (Å²) in [6.07, 6.45) is 6.16. The van der Waals surface area contributed by atoms with Gasteiger partial charge in [-0.15, -0.1) is 0 Å². The van der Waals surface area contributed by atoms with E-state index in [4.69, 9.17) is 0 Å². The number of benzene rings is 1. The Morgan fingerprint density at radius 1 is 1.20 bits per heavy atom. The molecule has 0 bridgehead atoms. The molecule has 15 heavy (non-hydrogen) atoms. The Hall–Kier alpha value is -1.02. The number of aryl methyl sites for hydroxylation is 1. The topological polar surface area (TPSA) is 32.3 Å². The highest BCUT2D eigenvalue weighted by molar-refractivity contribution is 5.45. The third-order valence-corrected chi connectivity index (χ3v) is 3.23. The highest BCUT2D eigenvalue weighted by atomic mass is 16.3. The van der Waals surface area contributed by atoms with Crippen LogP contribution in [0.5, 0.6) is 5.75 Å². The molecule has 1 aliphatic carbocycles. The summed E-state index contributed by atoms with van der Waals surface area (Å²) < 4.78 is 0. The quantitative estimate of drug-likeness (QED) is 0.727. The van der Waals surface area contributed by atoms with E-state index in [1.165, 1.54) is 36.8 Å². The Labute approximate surface area is 91.3 Å². The normalized spacial score (nSPS) is 15.8. The molecule has 2 heteroatoms. The van der Waals surface area contributed by atoms with Gasteiger partial charge in [-0.05, 0) is 49.9 Å². The monoisotopic (exact) mass is 205 g/mol. The minimum atomic E-state index is 0.449. The zero-order valence-corrected chi connectivity index (χ0v) is 9.34. The van der Waals surface area contributed by atoms with Crippen LogP contribution in [0.4, 0.5) is 0 Å². The van der Waals surface area contributed by atoms with Crippen molar-refractivity contribution in [2.24, 2.45) is 0 Å². The fourth-order valence-electron chi connectivity index (χ4n) is 2.44. The lowest BCUT2D eigenvalue weighted by molar-refractivity contribution is 0.464. The molecule has 0 fully saturated rings. The van der Waals surface area contributed by atoms with Gasteiger partial charge in [-0.1, -0.05) is 12.5 Å². The van der Waals surface area contributed by atoms with Crippen LogP contribution in [0.2, 0.25) is 0 Å². The SMILES string of the molecule is CNCc1c(O)ccc2c1CCCCC2. The lowest BCUT2D eigenvalue weighted by atomic mass is 9.96. The van der Waals surface area contributed by atoms with Crippen LogP contribution in [0.3, 0.4) is 0 Å². The summed E-state index contributed by atoms with van der Waals surface area (Å²) in [5, 5.41) is 13.0. The summed E-state index contributed by atoms with van der Waals surface area (Å²) in [6, 6.07) is 3.94. The first-order valence-corrected chi connectivity index (χ1v) is 5.80. The smallest absolute Gasteiger partial charge is 0.120 e. The largest absolute Gasteiger partial charge is 0.508 e. The molecule has 82 valence electrons. The maximum Gasteiger partial charge on any atom is 0.120 e. The summed E-state index contributed by atoms with van der Waals surface area (Å²) in [5.41, 5.74) is 3.94. The van der Waals surface area contributed by atoms with Crippen LogP contribution in [-0.2, 0) is 19.4 Å². The molecule has 0 aliphatic heterocycles. The van der Waals surface area contributed by atoms with Gasteiger partial charge in [0.05, 0.1) is 0 Å². The molecule has 0 saturated carbocycles. The van der Waals surface area contributed by atoms with Gasteiger partial charge in [0.1, 0.15) is 5.75 Å². The number of hydrogen-bond acceptors (Lipinski definition) is 2. The van der Waals surface area contributed by atoms with Crippen molar-refractivity contribution in [1.82, 2.24) is 5.32 Å². The summed E-state index contributed by atoms with van der Waals surface area (Å²) in [6.45, 7) is 0.773. The number of aromatic hydroxyl groups is 1. The molecule has 0 saturated heterocycles. The van der Waals surface area contributed by atoms with Crippen molar-refractivity contribution in [2.45, 2.75) is 38.6 Å². The number of fused-ring (bicyclic) bond motifs is 1. The van der Waals surface area contributed by atoms with Crippen molar-refractivity contribution in [3.63, 3.8) is 0 Å². The Kier molecular flexibility index (Phi) is 3.27. The van der Waals surface area contributed by atoms with Gasteiger partial charge in [0.15, 0.2) is 0 Å². The van der Waals surface area contributed by atoms with E-state index in [-0.39, 0.29) is 0 Å². The van der Waals surface area contributed by atoms with E-state index in [1.54, 1.807) is 0 Å². The predicted molar refractivity (Wildman–Crippen MR) is 62.1 cm³/mol. The van der Waals surface area contributed by atoms with E-state index in [1.807, 2.05) is 13.1 Å². The molecular weight excluding hydrogens is 186 g/mol. The Bertz CT molecular complexity index is 347. The lowest BCUT2D eigenvalue weighted by Gasteiger charge is -2.13. The third kappa shape index (κ3) is 2.15.